The molecule has 4 N–H and O–H groups in total. The molecule has 1 heterocycles. The van der Waals surface area contributed by atoms with Gasteiger partial charge in [0.1, 0.15) is 5.82 Å². The predicted octanol–water partition coefficient (Wildman–Crippen LogP) is 2.17. The lowest BCUT2D eigenvalue weighted by molar-refractivity contribution is 0.369. The van der Waals surface area contributed by atoms with Gasteiger partial charge >= 0.3 is 0 Å². The molecule has 0 amide bonds. The number of hydrogen-bond acceptors (Lipinski definition) is 5. The molecule has 0 bridgehead atoms. The molecule has 1 aromatic carbocycles. The van der Waals surface area contributed by atoms with E-state index in [1.54, 1.807) is 0 Å². The summed E-state index contributed by atoms with van der Waals surface area (Å²) in [5.74, 6) is -0.840. The lowest BCUT2D eigenvalue weighted by atomic mass is 10.1. The third-order valence-electron chi connectivity index (χ3n) is 2.45. The Hall–Kier alpha value is -2.76. The van der Waals surface area contributed by atoms with Crippen LogP contribution in [0.2, 0.25) is 0 Å². The minimum Gasteiger partial charge on any atom is -0.504 e. The van der Waals surface area contributed by atoms with Gasteiger partial charge in [-0.1, -0.05) is 6.58 Å². The Morgan fingerprint density at radius 1 is 1.22 bits per heavy atom. The number of phenolic OH excluding ortho intramolecular Hbond substituents is 3. The van der Waals surface area contributed by atoms with Crippen molar-refractivity contribution < 1.29 is 15.3 Å². The van der Waals surface area contributed by atoms with Gasteiger partial charge < -0.3 is 20.3 Å². The number of aromatic hydroxyl groups is 3. The van der Waals surface area contributed by atoms with Crippen molar-refractivity contribution in [2.24, 2.45) is 4.99 Å². The second-order valence-corrected chi connectivity index (χ2v) is 3.51. The first-order chi connectivity index (χ1) is 8.58. The van der Waals surface area contributed by atoms with Crippen LogP contribution in [0.15, 0.2) is 23.7 Å². The summed E-state index contributed by atoms with van der Waals surface area (Å²) in [5, 5.41) is 28.4. The summed E-state index contributed by atoms with van der Waals surface area (Å²) in [5.41, 5.74) is 0.787. The first-order valence-corrected chi connectivity index (χ1v) is 5.02. The number of hydrogen-bond donors (Lipinski definition) is 4. The zero-order valence-electron chi connectivity index (χ0n) is 9.38. The molecule has 1 aromatic heterocycles. The third-order valence-corrected chi connectivity index (χ3v) is 2.45. The second kappa shape index (κ2) is 4.25. The molecule has 0 radical (unpaired) electrons. The van der Waals surface area contributed by atoms with Gasteiger partial charge in [-0.3, -0.25) is 0 Å². The van der Waals surface area contributed by atoms with E-state index in [1.165, 1.54) is 18.2 Å². The maximum absolute atomic E-state index is 9.74. The van der Waals surface area contributed by atoms with Crippen molar-refractivity contribution in [1.29, 1.82) is 0 Å². The molecule has 0 aliphatic rings. The van der Waals surface area contributed by atoms with E-state index in [1.807, 2.05) is 0 Å². The highest BCUT2D eigenvalue weighted by Gasteiger charge is 2.16. The summed E-state index contributed by atoms with van der Waals surface area (Å²) >= 11 is 0. The normalized spacial score (nSPS) is 10.2. The number of nitrogens with one attached hydrogen (secondary N) is 1. The Labute approximate surface area is 103 Å². The lowest BCUT2D eigenvalue weighted by Crippen LogP contribution is -1.83. The SMILES string of the molecule is C=Cc1[nH]c(-c2ccc(O)c(O)c2O)nc1N=C. The van der Waals surface area contributed by atoms with Crippen molar-refractivity contribution in [2.75, 3.05) is 0 Å². The van der Waals surface area contributed by atoms with Gasteiger partial charge in [-0.25, -0.2) is 9.98 Å². The molecule has 6 nitrogen and oxygen atoms in total. The molecule has 0 saturated heterocycles. The highest BCUT2D eigenvalue weighted by Crippen LogP contribution is 2.41. The van der Waals surface area contributed by atoms with Crippen LogP contribution in [-0.2, 0) is 0 Å². The average molecular weight is 245 g/mol. The van der Waals surface area contributed by atoms with Crippen molar-refractivity contribution in [3.05, 3.63) is 24.4 Å². The molecular weight excluding hydrogens is 234 g/mol. The molecule has 2 rings (SSSR count). The van der Waals surface area contributed by atoms with E-state index in [-0.39, 0.29) is 5.56 Å². The minimum atomic E-state index is -0.600. The number of nitrogens with zero attached hydrogens (tertiary/aromatic N) is 2. The van der Waals surface area contributed by atoms with Crippen molar-refractivity contribution in [1.82, 2.24) is 9.97 Å². The van der Waals surface area contributed by atoms with Crippen LogP contribution in [0.1, 0.15) is 5.69 Å². The van der Waals surface area contributed by atoms with Crippen LogP contribution in [0.25, 0.3) is 17.5 Å². The molecular formula is C12H11N3O3. The van der Waals surface area contributed by atoms with Crippen LogP contribution in [0.3, 0.4) is 0 Å². The maximum atomic E-state index is 9.74. The molecule has 92 valence electrons. The van der Waals surface area contributed by atoms with Crippen molar-refractivity contribution in [2.45, 2.75) is 0 Å². The van der Waals surface area contributed by atoms with Crippen molar-refractivity contribution in [3.8, 4) is 28.6 Å². The molecule has 0 aliphatic carbocycles. The molecule has 0 unspecified atom stereocenters. The Morgan fingerprint density at radius 2 is 1.94 bits per heavy atom. The number of benzene rings is 1. The smallest absolute Gasteiger partial charge is 0.201 e. The first kappa shape index (κ1) is 11.7. The molecule has 6 heteroatoms. The van der Waals surface area contributed by atoms with Gasteiger partial charge in [0, 0.05) is 0 Å². The Bertz CT molecular complexity index is 606. The van der Waals surface area contributed by atoms with E-state index >= 15 is 0 Å². The molecule has 0 saturated carbocycles. The van der Waals surface area contributed by atoms with Crippen LogP contribution in [0, 0.1) is 0 Å². The van der Waals surface area contributed by atoms with Gasteiger partial charge in [0.25, 0.3) is 0 Å². The quantitative estimate of drug-likeness (QED) is 0.491. The van der Waals surface area contributed by atoms with E-state index < -0.39 is 17.2 Å². The van der Waals surface area contributed by atoms with Crippen LogP contribution in [0.5, 0.6) is 17.2 Å². The van der Waals surface area contributed by atoms with Gasteiger partial charge in [0.2, 0.25) is 5.75 Å². The monoisotopic (exact) mass is 245 g/mol. The van der Waals surface area contributed by atoms with Crippen molar-refractivity contribution >= 4 is 18.6 Å². The standard InChI is InChI=1S/C12H11N3O3/c1-3-7-12(13-2)15-11(14-7)6-4-5-8(16)10(18)9(6)17/h3-5,16-18H,1-2H2,(H,14,15). The fourth-order valence-electron chi connectivity index (χ4n) is 1.53. The van der Waals surface area contributed by atoms with E-state index in [9.17, 15) is 15.3 Å². The van der Waals surface area contributed by atoms with Gasteiger partial charge in [-0.2, -0.15) is 0 Å². The van der Waals surface area contributed by atoms with Gasteiger partial charge in [-0.05, 0) is 24.9 Å². The van der Waals surface area contributed by atoms with Gasteiger partial charge in [0.15, 0.2) is 17.3 Å². The van der Waals surface area contributed by atoms with E-state index in [0.717, 1.165) is 0 Å². The lowest BCUT2D eigenvalue weighted by Gasteiger charge is -2.04. The Balaban J connectivity index is 2.62. The summed E-state index contributed by atoms with van der Waals surface area (Å²) in [6.07, 6.45) is 1.51. The highest BCUT2D eigenvalue weighted by molar-refractivity contribution is 5.74. The van der Waals surface area contributed by atoms with Crippen LogP contribution in [-0.4, -0.2) is 32.0 Å². The molecule has 2 aromatic rings. The van der Waals surface area contributed by atoms with Crippen molar-refractivity contribution in [3.63, 3.8) is 0 Å². The number of aromatic amines is 1. The zero-order chi connectivity index (χ0) is 13.3. The number of H-pyrrole nitrogens is 1. The summed E-state index contributed by atoms with van der Waals surface area (Å²) < 4.78 is 0. The minimum absolute atomic E-state index is 0.239. The number of rotatable bonds is 3. The van der Waals surface area contributed by atoms with E-state index in [2.05, 4.69) is 28.3 Å². The van der Waals surface area contributed by atoms with E-state index in [0.29, 0.717) is 17.3 Å². The Morgan fingerprint density at radius 3 is 2.50 bits per heavy atom. The summed E-state index contributed by atoms with van der Waals surface area (Å²) in [6.45, 7) is 6.96. The molecule has 0 atom stereocenters. The topological polar surface area (TPSA) is 102 Å². The first-order valence-electron chi connectivity index (χ1n) is 5.02. The predicted molar refractivity (Wildman–Crippen MR) is 68.3 cm³/mol. The highest BCUT2D eigenvalue weighted by atomic mass is 16.3. The van der Waals surface area contributed by atoms with Crippen LogP contribution < -0.4 is 0 Å². The maximum Gasteiger partial charge on any atom is 0.201 e. The second-order valence-electron chi connectivity index (χ2n) is 3.51. The number of imidazole rings is 1. The summed E-state index contributed by atoms with van der Waals surface area (Å²) in [4.78, 5) is 10.7. The summed E-state index contributed by atoms with van der Waals surface area (Å²) in [6, 6.07) is 2.67. The fourth-order valence-corrected chi connectivity index (χ4v) is 1.53. The number of aromatic nitrogens is 2. The Kier molecular flexibility index (Phi) is 2.77. The van der Waals surface area contributed by atoms with E-state index in [4.69, 9.17) is 0 Å². The zero-order valence-corrected chi connectivity index (χ0v) is 9.38. The molecule has 0 spiro atoms. The molecule has 0 aliphatic heterocycles. The molecule has 18 heavy (non-hydrogen) atoms. The third kappa shape index (κ3) is 1.69. The largest absolute Gasteiger partial charge is 0.504 e. The van der Waals surface area contributed by atoms with Crippen LogP contribution >= 0.6 is 0 Å². The molecule has 0 fully saturated rings. The summed E-state index contributed by atoms with van der Waals surface area (Å²) in [7, 11) is 0. The van der Waals surface area contributed by atoms with Crippen LogP contribution in [0.4, 0.5) is 5.82 Å². The average Bonchev–Trinajstić information content (AvgIpc) is 2.79. The van der Waals surface area contributed by atoms with Gasteiger partial charge in [0.05, 0.1) is 11.3 Å². The fraction of sp³-hybridized carbons (Fsp3) is 0. The number of phenols is 3. The number of aliphatic imine (C=N–C) groups is 1. The van der Waals surface area contributed by atoms with Gasteiger partial charge in [-0.15, -0.1) is 0 Å².